The molecule has 0 aromatic heterocycles. The fourth-order valence-corrected chi connectivity index (χ4v) is 3.58. The van der Waals surface area contributed by atoms with Crippen LogP contribution in [0.3, 0.4) is 0 Å². The van der Waals surface area contributed by atoms with Gasteiger partial charge in [-0.1, -0.05) is 48.5 Å². The number of nitrogens with zero attached hydrogens (tertiary/aromatic N) is 3. The van der Waals surface area contributed by atoms with E-state index >= 15 is 0 Å². The topological polar surface area (TPSA) is 26.8 Å². The molecule has 0 radical (unpaired) electrons. The molecule has 2 aromatic carbocycles. The molecule has 2 aliphatic rings. The lowest BCUT2D eigenvalue weighted by Gasteiger charge is -2.36. The van der Waals surface area contributed by atoms with E-state index in [-0.39, 0.29) is 6.03 Å². The van der Waals surface area contributed by atoms with Crippen molar-refractivity contribution in [2.75, 3.05) is 31.1 Å². The van der Waals surface area contributed by atoms with Gasteiger partial charge in [0.1, 0.15) is 0 Å². The highest BCUT2D eigenvalue weighted by Gasteiger charge is 2.40. The number of piperazine rings is 1. The van der Waals surface area contributed by atoms with Crippen LogP contribution in [0.2, 0.25) is 0 Å². The lowest BCUT2D eigenvalue weighted by atomic mass is 10.1. The van der Waals surface area contributed by atoms with Crippen LogP contribution < -0.4 is 4.90 Å². The lowest BCUT2D eigenvalue weighted by molar-refractivity contribution is 0.116. The number of para-hydroxylation sites is 1. The van der Waals surface area contributed by atoms with Gasteiger partial charge in [0.05, 0.1) is 6.04 Å². The van der Waals surface area contributed by atoms with Gasteiger partial charge in [-0.25, -0.2) is 4.79 Å². The zero-order valence-corrected chi connectivity index (χ0v) is 13.1. The second-order valence-electron chi connectivity index (χ2n) is 6.30. The molecule has 2 heterocycles. The van der Waals surface area contributed by atoms with Gasteiger partial charge in [0.15, 0.2) is 0 Å². The zero-order valence-electron chi connectivity index (χ0n) is 13.1. The van der Waals surface area contributed by atoms with Gasteiger partial charge in [-0.05, 0) is 17.7 Å². The van der Waals surface area contributed by atoms with E-state index in [1.54, 1.807) is 0 Å². The summed E-state index contributed by atoms with van der Waals surface area (Å²) < 4.78 is 0. The summed E-state index contributed by atoms with van der Waals surface area (Å²) >= 11 is 0. The molecule has 4 nitrogen and oxygen atoms in total. The SMILES string of the molecule is O=C1N(c2ccccc2)C[C@H]2CN(Cc3ccccc3)CCN12. The van der Waals surface area contributed by atoms with Gasteiger partial charge in [0.25, 0.3) is 0 Å². The van der Waals surface area contributed by atoms with E-state index in [1.165, 1.54) is 5.56 Å². The van der Waals surface area contributed by atoms with Crippen LogP contribution >= 0.6 is 0 Å². The number of carbonyl (C=O) groups excluding carboxylic acids is 1. The standard InChI is InChI=1S/C19H21N3O/c23-19-21-12-11-20(13-16-7-3-1-4-8-16)14-18(21)15-22(19)17-9-5-2-6-10-17/h1-10,18H,11-15H2/t18-/m1/s1. The molecule has 4 rings (SSSR count). The highest BCUT2D eigenvalue weighted by Crippen LogP contribution is 2.26. The van der Waals surface area contributed by atoms with Crippen molar-refractivity contribution in [3.8, 4) is 0 Å². The second-order valence-corrected chi connectivity index (χ2v) is 6.30. The molecule has 2 aliphatic heterocycles. The van der Waals surface area contributed by atoms with E-state index in [1.807, 2.05) is 40.1 Å². The Morgan fingerprint density at radius 3 is 2.30 bits per heavy atom. The molecule has 0 bridgehead atoms. The summed E-state index contributed by atoms with van der Waals surface area (Å²) in [5, 5.41) is 0. The minimum Gasteiger partial charge on any atom is -0.317 e. The summed E-state index contributed by atoms with van der Waals surface area (Å²) in [5.41, 5.74) is 2.34. The monoisotopic (exact) mass is 307 g/mol. The molecule has 4 heteroatoms. The number of carbonyl (C=O) groups is 1. The van der Waals surface area contributed by atoms with Crippen LogP contribution in [0, 0.1) is 0 Å². The Morgan fingerprint density at radius 2 is 1.57 bits per heavy atom. The molecular weight excluding hydrogens is 286 g/mol. The summed E-state index contributed by atoms with van der Waals surface area (Å²) in [7, 11) is 0. The molecule has 0 spiro atoms. The number of anilines is 1. The molecule has 118 valence electrons. The van der Waals surface area contributed by atoms with Crippen molar-refractivity contribution in [2.24, 2.45) is 0 Å². The zero-order chi connectivity index (χ0) is 15.6. The van der Waals surface area contributed by atoms with Crippen molar-refractivity contribution in [1.82, 2.24) is 9.80 Å². The van der Waals surface area contributed by atoms with Crippen molar-refractivity contribution in [2.45, 2.75) is 12.6 Å². The van der Waals surface area contributed by atoms with Crippen LogP contribution in [0.15, 0.2) is 60.7 Å². The molecule has 1 atom stereocenters. The summed E-state index contributed by atoms with van der Waals surface area (Å²) in [4.78, 5) is 19.0. The molecule has 2 fully saturated rings. The average Bonchev–Trinajstić information content (AvgIpc) is 2.93. The number of fused-ring (bicyclic) bond motifs is 1. The van der Waals surface area contributed by atoms with Gasteiger partial charge in [-0.2, -0.15) is 0 Å². The molecule has 2 saturated heterocycles. The van der Waals surface area contributed by atoms with E-state index in [2.05, 4.69) is 35.2 Å². The smallest absolute Gasteiger partial charge is 0.317 e. The first-order chi connectivity index (χ1) is 11.3. The Hall–Kier alpha value is -2.33. The Labute approximate surface area is 136 Å². The van der Waals surface area contributed by atoms with Crippen molar-refractivity contribution in [1.29, 1.82) is 0 Å². The maximum atomic E-state index is 12.6. The Kier molecular flexibility index (Phi) is 3.75. The first kappa shape index (κ1) is 14.3. The minimum absolute atomic E-state index is 0.153. The number of benzene rings is 2. The number of rotatable bonds is 3. The van der Waals surface area contributed by atoms with Gasteiger partial charge < -0.3 is 4.90 Å². The highest BCUT2D eigenvalue weighted by molar-refractivity contribution is 5.94. The molecular formula is C19H21N3O. The summed E-state index contributed by atoms with van der Waals surface area (Å²) in [6.07, 6.45) is 0. The van der Waals surface area contributed by atoms with Gasteiger partial charge >= 0.3 is 6.03 Å². The largest absolute Gasteiger partial charge is 0.324 e. The lowest BCUT2D eigenvalue weighted by Crippen LogP contribution is -2.51. The summed E-state index contributed by atoms with van der Waals surface area (Å²) in [5.74, 6) is 0. The van der Waals surface area contributed by atoms with Crippen molar-refractivity contribution in [3.05, 3.63) is 66.2 Å². The van der Waals surface area contributed by atoms with Crippen LogP contribution in [0.1, 0.15) is 5.56 Å². The third-order valence-electron chi connectivity index (χ3n) is 4.75. The van der Waals surface area contributed by atoms with E-state index < -0.39 is 0 Å². The Balaban J connectivity index is 1.45. The number of amides is 2. The first-order valence-corrected chi connectivity index (χ1v) is 8.21. The predicted molar refractivity (Wildman–Crippen MR) is 91.4 cm³/mol. The van der Waals surface area contributed by atoms with E-state index in [4.69, 9.17) is 0 Å². The molecule has 0 N–H and O–H groups in total. The van der Waals surface area contributed by atoms with Crippen molar-refractivity contribution < 1.29 is 4.79 Å². The van der Waals surface area contributed by atoms with Gasteiger partial charge in [-0.15, -0.1) is 0 Å². The second kappa shape index (κ2) is 6.05. The van der Waals surface area contributed by atoms with Crippen LogP contribution in [-0.2, 0) is 6.54 Å². The third-order valence-corrected chi connectivity index (χ3v) is 4.75. The molecule has 2 amide bonds. The van der Waals surface area contributed by atoms with Gasteiger partial charge in [-0.3, -0.25) is 9.80 Å². The fourth-order valence-electron chi connectivity index (χ4n) is 3.58. The van der Waals surface area contributed by atoms with E-state index in [0.717, 1.165) is 38.4 Å². The number of urea groups is 1. The number of hydrogen-bond donors (Lipinski definition) is 0. The first-order valence-electron chi connectivity index (χ1n) is 8.21. The minimum atomic E-state index is 0.153. The molecule has 2 aromatic rings. The van der Waals surface area contributed by atoms with Crippen LogP contribution in [-0.4, -0.2) is 48.1 Å². The van der Waals surface area contributed by atoms with Crippen LogP contribution in [0.4, 0.5) is 10.5 Å². The third kappa shape index (κ3) is 2.82. The fraction of sp³-hybridized carbons (Fsp3) is 0.316. The van der Waals surface area contributed by atoms with Crippen LogP contribution in [0.5, 0.6) is 0 Å². The van der Waals surface area contributed by atoms with Gasteiger partial charge in [0, 0.05) is 38.4 Å². The van der Waals surface area contributed by atoms with Crippen LogP contribution in [0.25, 0.3) is 0 Å². The summed E-state index contributed by atoms with van der Waals surface area (Å²) in [6, 6.07) is 21.0. The van der Waals surface area contributed by atoms with Crippen molar-refractivity contribution in [3.63, 3.8) is 0 Å². The number of hydrogen-bond acceptors (Lipinski definition) is 2. The predicted octanol–water partition coefficient (Wildman–Crippen LogP) is 2.81. The molecule has 0 unspecified atom stereocenters. The van der Waals surface area contributed by atoms with Gasteiger partial charge in [0.2, 0.25) is 0 Å². The normalized spacial score (nSPS) is 21.6. The van der Waals surface area contributed by atoms with Crippen molar-refractivity contribution >= 4 is 11.7 Å². The maximum Gasteiger partial charge on any atom is 0.324 e. The van der Waals surface area contributed by atoms with E-state index in [0.29, 0.717) is 6.04 Å². The Morgan fingerprint density at radius 1 is 0.870 bits per heavy atom. The maximum absolute atomic E-state index is 12.6. The Bertz CT molecular complexity index is 674. The highest BCUT2D eigenvalue weighted by atomic mass is 16.2. The quantitative estimate of drug-likeness (QED) is 0.872. The average molecular weight is 307 g/mol. The molecule has 23 heavy (non-hydrogen) atoms. The molecule has 0 aliphatic carbocycles. The molecule has 0 saturated carbocycles. The van der Waals surface area contributed by atoms with E-state index in [9.17, 15) is 4.79 Å². The summed E-state index contributed by atoms with van der Waals surface area (Å²) in [6.45, 7) is 4.46.